The maximum Gasteiger partial charge on any atom is 0.243 e. The zero-order valence-corrected chi connectivity index (χ0v) is 37.1. The zero-order valence-electron chi connectivity index (χ0n) is 33.8. The highest BCUT2D eigenvalue weighted by Gasteiger charge is 2.31. The number of carbonyl (C=O) groups excluding carboxylic acids is 2. The van der Waals surface area contributed by atoms with E-state index in [9.17, 15) is 26.4 Å². The minimum Gasteiger partial charge on any atom is -0.305 e. The van der Waals surface area contributed by atoms with Crippen LogP contribution in [0.25, 0.3) is 22.5 Å². The number of carbonyl (C=O) groups is 2. The van der Waals surface area contributed by atoms with Crippen LogP contribution in [0.2, 0.25) is 0 Å². The molecule has 3 heterocycles. The van der Waals surface area contributed by atoms with E-state index in [4.69, 9.17) is 0 Å². The molecule has 12 nitrogen and oxygen atoms in total. The Kier molecular flexibility index (Phi) is 18.7. The van der Waals surface area contributed by atoms with Gasteiger partial charge in [0.25, 0.3) is 0 Å². The number of hydrogen-bond donors (Lipinski definition) is 2. The van der Waals surface area contributed by atoms with Gasteiger partial charge < -0.3 is 10.6 Å². The number of anilines is 2. The largest absolute Gasteiger partial charge is 0.305 e. The first-order valence-electron chi connectivity index (χ1n) is 19.2. The lowest BCUT2D eigenvalue weighted by molar-refractivity contribution is -0.119. The van der Waals surface area contributed by atoms with E-state index >= 15 is 0 Å². The molecule has 1 saturated carbocycles. The number of thiazole rings is 2. The number of nitrogens with one attached hydrogen (secondary N) is 2. The lowest BCUT2D eigenvalue weighted by Crippen LogP contribution is -2.41. The van der Waals surface area contributed by atoms with E-state index < -0.39 is 20.0 Å². The molecule has 0 bridgehead atoms. The second-order valence-electron chi connectivity index (χ2n) is 13.8. The molecule has 308 valence electrons. The number of benzene rings is 2. The molecule has 2 fully saturated rings. The molecule has 1 saturated heterocycles. The van der Waals surface area contributed by atoms with E-state index in [2.05, 4.69) is 27.5 Å². The number of nitrogens with zero attached hydrogens (tertiary/aromatic N) is 4. The summed E-state index contributed by atoms with van der Waals surface area (Å²) in [5.41, 5.74) is 3.02. The molecule has 1 aliphatic heterocycles. The Morgan fingerprint density at radius 1 is 0.839 bits per heavy atom. The quantitative estimate of drug-likeness (QED) is 0.141. The third-order valence-corrected chi connectivity index (χ3v) is 14.9. The average molecular weight is 847 g/mol. The summed E-state index contributed by atoms with van der Waals surface area (Å²) in [7, 11) is -3.92. The highest BCUT2D eigenvalue weighted by atomic mass is 32.2. The van der Waals surface area contributed by atoms with E-state index in [1.807, 2.05) is 40.0 Å². The third-order valence-electron chi connectivity index (χ3n) is 9.55. The number of rotatable bonds is 11. The molecular formula is C40H58N6O6S4. The van der Waals surface area contributed by atoms with Crippen molar-refractivity contribution >= 4 is 65.3 Å². The van der Waals surface area contributed by atoms with Gasteiger partial charge in [-0.1, -0.05) is 91.0 Å². The van der Waals surface area contributed by atoms with Gasteiger partial charge in [0.05, 0.1) is 21.2 Å². The van der Waals surface area contributed by atoms with Gasteiger partial charge in [-0.15, -0.1) is 22.7 Å². The predicted octanol–water partition coefficient (Wildman–Crippen LogP) is 9.21. The monoisotopic (exact) mass is 846 g/mol. The summed E-state index contributed by atoms with van der Waals surface area (Å²) in [6.45, 7) is 12.7. The first kappa shape index (κ1) is 46.8. The van der Waals surface area contributed by atoms with Crippen molar-refractivity contribution in [2.75, 3.05) is 31.3 Å². The fraction of sp³-hybridized carbons (Fsp3) is 0.500. The molecule has 2 aromatic heterocycles. The predicted molar refractivity (Wildman–Crippen MR) is 230 cm³/mol. The summed E-state index contributed by atoms with van der Waals surface area (Å²) in [6, 6.07) is 13.3. The Morgan fingerprint density at radius 3 is 1.80 bits per heavy atom. The van der Waals surface area contributed by atoms with Crippen LogP contribution in [0, 0.1) is 11.8 Å². The van der Waals surface area contributed by atoms with Crippen LogP contribution in [0.3, 0.4) is 0 Å². The van der Waals surface area contributed by atoms with Crippen LogP contribution in [0.4, 0.5) is 10.3 Å². The van der Waals surface area contributed by atoms with Crippen molar-refractivity contribution in [2.45, 2.75) is 109 Å². The normalized spacial score (nSPS) is 16.6. The molecule has 0 radical (unpaired) electrons. The Bertz CT molecular complexity index is 2020. The maximum atomic E-state index is 12.9. The lowest BCUT2D eigenvalue weighted by Gasteiger charge is -2.32. The fourth-order valence-electron chi connectivity index (χ4n) is 5.90. The molecule has 2 aliphatic rings. The highest BCUT2D eigenvalue weighted by Crippen LogP contribution is 2.30. The molecule has 4 aromatic rings. The Balaban J connectivity index is 0.000000260. The average Bonchev–Trinajstić information content (AvgIpc) is 3.99. The zero-order chi connectivity index (χ0) is 41.5. The summed E-state index contributed by atoms with van der Waals surface area (Å²) in [4.78, 5) is 31.5. The number of piperidine rings is 1. The molecule has 0 spiro atoms. The van der Waals surface area contributed by atoms with E-state index in [0.717, 1.165) is 52.7 Å². The molecule has 2 N–H and O–H groups in total. The van der Waals surface area contributed by atoms with Crippen molar-refractivity contribution in [2.24, 2.45) is 11.8 Å². The van der Waals surface area contributed by atoms with E-state index in [0.29, 0.717) is 33.8 Å². The van der Waals surface area contributed by atoms with Gasteiger partial charge in [0, 0.05) is 54.5 Å². The summed E-state index contributed by atoms with van der Waals surface area (Å²) in [6.07, 6.45) is 10.2. The molecule has 2 atom stereocenters. The first-order valence-corrected chi connectivity index (χ1v) is 23.9. The number of hydrogen-bond acceptors (Lipinski definition) is 10. The number of aromatic nitrogens is 2. The van der Waals surface area contributed by atoms with Gasteiger partial charge in [-0.25, -0.2) is 31.1 Å². The van der Waals surface area contributed by atoms with Crippen molar-refractivity contribution in [3.63, 3.8) is 0 Å². The van der Waals surface area contributed by atoms with Gasteiger partial charge in [0.15, 0.2) is 10.3 Å². The third kappa shape index (κ3) is 13.0. The van der Waals surface area contributed by atoms with Gasteiger partial charge in [0.1, 0.15) is 0 Å². The van der Waals surface area contributed by atoms with Crippen LogP contribution in [0.5, 0.6) is 0 Å². The second kappa shape index (κ2) is 22.4. The molecule has 2 unspecified atom stereocenters. The Morgan fingerprint density at radius 2 is 1.34 bits per heavy atom. The molecule has 2 amide bonds. The van der Waals surface area contributed by atoms with Gasteiger partial charge >= 0.3 is 0 Å². The minimum absolute atomic E-state index is 0.0358. The summed E-state index contributed by atoms with van der Waals surface area (Å²) in [5, 5.41) is 10.0. The van der Waals surface area contributed by atoms with Crippen LogP contribution < -0.4 is 10.6 Å². The summed E-state index contributed by atoms with van der Waals surface area (Å²) >= 11 is 2.67. The van der Waals surface area contributed by atoms with Crippen LogP contribution in [0.1, 0.15) is 92.9 Å². The van der Waals surface area contributed by atoms with Crippen LogP contribution in [-0.2, 0) is 29.6 Å². The van der Waals surface area contributed by atoms with Crippen LogP contribution in [0.15, 0.2) is 69.1 Å². The van der Waals surface area contributed by atoms with E-state index in [1.165, 1.54) is 74.6 Å². The highest BCUT2D eigenvalue weighted by molar-refractivity contribution is 7.89. The van der Waals surface area contributed by atoms with E-state index in [-0.39, 0.29) is 22.8 Å². The first-order chi connectivity index (χ1) is 26.7. The van der Waals surface area contributed by atoms with Crippen molar-refractivity contribution in [3.8, 4) is 22.5 Å². The Hall–Kier alpha value is -3.54. The number of sulfonamides is 2. The minimum atomic E-state index is -3.47. The maximum absolute atomic E-state index is 12.9. The second-order valence-corrected chi connectivity index (χ2v) is 19.6. The molecule has 56 heavy (non-hydrogen) atoms. The van der Waals surface area contributed by atoms with Gasteiger partial charge in [-0.3, -0.25) is 9.59 Å². The van der Waals surface area contributed by atoms with Crippen molar-refractivity contribution in [3.05, 3.63) is 59.3 Å². The van der Waals surface area contributed by atoms with E-state index in [1.54, 1.807) is 46.1 Å². The molecule has 1 aliphatic carbocycles. The fourth-order valence-corrected chi connectivity index (χ4v) is 9.90. The van der Waals surface area contributed by atoms with Gasteiger partial charge in [0.2, 0.25) is 32.4 Å². The van der Waals surface area contributed by atoms with Crippen molar-refractivity contribution in [1.29, 1.82) is 0 Å². The smallest absolute Gasteiger partial charge is 0.243 e. The molecule has 2 aromatic carbocycles. The number of amides is 2. The van der Waals surface area contributed by atoms with Crippen molar-refractivity contribution in [1.82, 2.24) is 18.6 Å². The van der Waals surface area contributed by atoms with Crippen LogP contribution in [-0.4, -0.2) is 74.4 Å². The topological polar surface area (TPSA) is 159 Å². The Labute approximate surface area is 342 Å². The van der Waals surface area contributed by atoms with Crippen molar-refractivity contribution < 1.29 is 26.4 Å². The summed E-state index contributed by atoms with van der Waals surface area (Å²) in [5.74, 6) is 0.944. The SMILES string of the molecule is CC.CC1CCCC1.CCC(C)C(=O)Nc1nc(-c2ccc(S(=O)(=O)N3CCCCC3C)cc2)cs1.CN(C)S(=O)(=O)c1ccc(-c2csc(NC=O)n2)cc1. The van der Waals surface area contributed by atoms with Crippen LogP contribution >= 0.6 is 22.7 Å². The molecule has 6 rings (SSSR count). The lowest BCUT2D eigenvalue weighted by atomic mass is 10.1. The van der Waals surface area contributed by atoms with Gasteiger partial charge in [-0.2, -0.15) is 4.31 Å². The molecular weight excluding hydrogens is 789 g/mol. The standard InChI is InChI=1S/C20H27N3O3S2.C12H13N3O3S2.C6H12.C2H6/c1-4-14(2)19(24)22-20-21-18(13-27-20)16-8-10-17(11-9-16)28(25,26)23-12-6-5-7-15(23)3;1-15(2)20(17,18)10-5-3-9(4-6-10)11-7-19-12(14-11)13-8-16;1-6-4-2-3-5-6;1-2/h8-11,13-15H,4-7,12H2,1-3H3,(H,21,22,24);3-8H,1-2H3,(H,13,14,16);6H,2-5H2,1H3;1-2H3. The summed E-state index contributed by atoms with van der Waals surface area (Å²) < 4.78 is 52.5. The van der Waals surface area contributed by atoms with Gasteiger partial charge in [-0.05, 0) is 56.4 Å². The molecule has 16 heteroatoms.